The molecule has 7 nitrogen and oxygen atoms in total. The molecule has 1 aliphatic carbocycles. The SMILES string of the molecule is CCOC(=O)c1c(NC(=O)COC(=O)c2ccnc(Cl)c2)sc2c1CCCCC2. The molecule has 3 rings (SSSR count). The van der Waals surface area contributed by atoms with Gasteiger partial charge in [0.15, 0.2) is 6.61 Å². The van der Waals surface area contributed by atoms with Crippen molar-refractivity contribution in [2.45, 2.75) is 39.0 Å². The van der Waals surface area contributed by atoms with E-state index in [2.05, 4.69) is 10.3 Å². The van der Waals surface area contributed by atoms with Gasteiger partial charge in [0, 0.05) is 11.1 Å². The maximum atomic E-state index is 12.5. The molecule has 2 aromatic heterocycles. The number of nitrogens with one attached hydrogen (secondary N) is 1. The average molecular weight is 437 g/mol. The maximum absolute atomic E-state index is 12.5. The molecule has 0 fully saturated rings. The minimum Gasteiger partial charge on any atom is -0.462 e. The van der Waals surface area contributed by atoms with Crippen LogP contribution in [0.1, 0.15) is 57.3 Å². The van der Waals surface area contributed by atoms with Crippen LogP contribution in [-0.4, -0.2) is 36.0 Å². The number of hydrogen-bond acceptors (Lipinski definition) is 7. The molecule has 2 aromatic rings. The number of thiophene rings is 1. The molecule has 1 N–H and O–H groups in total. The molecule has 1 aliphatic rings. The summed E-state index contributed by atoms with van der Waals surface area (Å²) in [6.45, 7) is 1.51. The summed E-state index contributed by atoms with van der Waals surface area (Å²) in [6.07, 6.45) is 6.20. The zero-order valence-corrected chi connectivity index (χ0v) is 17.5. The minimum absolute atomic E-state index is 0.156. The normalized spacial score (nSPS) is 13.2. The van der Waals surface area contributed by atoms with Gasteiger partial charge in [-0.3, -0.25) is 4.79 Å². The fourth-order valence-electron chi connectivity index (χ4n) is 3.16. The Morgan fingerprint density at radius 3 is 2.72 bits per heavy atom. The highest BCUT2D eigenvalue weighted by molar-refractivity contribution is 7.17. The first-order chi connectivity index (χ1) is 14.0. The number of pyridine rings is 1. The lowest BCUT2D eigenvalue weighted by molar-refractivity contribution is -0.119. The number of halogens is 1. The number of hydrogen-bond donors (Lipinski definition) is 1. The van der Waals surface area contributed by atoms with Crippen molar-refractivity contribution in [2.24, 2.45) is 0 Å². The molecule has 0 bridgehead atoms. The maximum Gasteiger partial charge on any atom is 0.341 e. The Labute approximate surface area is 177 Å². The molecular weight excluding hydrogens is 416 g/mol. The van der Waals surface area contributed by atoms with E-state index in [1.165, 1.54) is 29.7 Å². The van der Waals surface area contributed by atoms with Gasteiger partial charge in [0.1, 0.15) is 10.2 Å². The predicted molar refractivity (Wildman–Crippen MR) is 110 cm³/mol. The van der Waals surface area contributed by atoms with Crippen molar-refractivity contribution in [3.63, 3.8) is 0 Å². The lowest BCUT2D eigenvalue weighted by atomic mass is 10.1. The molecule has 0 saturated carbocycles. The Bertz CT molecular complexity index is 928. The second-order valence-corrected chi connectivity index (χ2v) is 7.97. The van der Waals surface area contributed by atoms with Crippen molar-refractivity contribution in [1.82, 2.24) is 4.98 Å². The molecular formula is C20H21ClN2O5S. The second-order valence-electron chi connectivity index (χ2n) is 6.48. The van der Waals surface area contributed by atoms with Crippen molar-refractivity contribution in [2.75, 3.05) is 18.5 Å². The van der Waals surface area contributed by atoms with Gasteiger partial charge in [-0.05, 0) is 50.3 Å². The van der Waals surface area contributed by atoms with Crippen LogP contribution in [0.4, 0.5) is 5.00 Å². The number of carbonyl (C=O) groups is 3. The van der Waals surface area contributed by atoms with Crippen LogP contribution in [0.5, 0.6) is 0 Å². The molecule has 0 aromatic carbocycles. The Hall–Kier alpha value is -2.45. The number of esters is 2. The van der Waals surface area contributed by atoms with E-state index in [9.17, 15) is 14.4 Å². The number of amides is 1. The Morgan fingerprint density at radius 1 is 1.17 bits per heavy atom. The molecule has 2 heterocycles. The minimum atomic E-state index is -0.683. The van der Waals surface area contributed by atoms with Crippen molar-refractivity contribution < 1.29 is 23.9 Å². The molecule has 29 heavy (non-hydrogen) atoms. The number of ether oxygens (including phenoxy) is 2. The summed E-state index contributed by atoms with van der Waals surface area (Å²) in [4.78, 5) is 41.8. The van der Waals surface area contributed by atoms with Crippen LogP contribution in [0, 0.1) is 0 Å². The molecule has 0 saturated heterocycles. The first-order valence-electron chi connectivity index (χ1n) is 9.39. The quantitative estimate of drug-likeness (QED) is 0.417. The van der Waals surface area contributed by atoms with Gasteiger partial charge in [0.05, 0.1) is 17.7 Å². The van der Waals surface area contributed by atoms with Crippen LogP contribution in [-0.2, 0) is 27.1 Å². The zero-order chi connectivity index (χ0) is 20.8. The molecule has 154 valence electrons. The summed E-state index contributed by atoms with van der Waals surface area (Å²) in [5.41, 5.74) is 1.59. The molecule has 0 spiro atoms. The summed E-state index contributed by atoms with van der Waals surface area (Å²) in [6, 6.07) is 2.80. The monoisotopic (exact) mass is 436 g/mol. The lowest BCUT2D eigenvalue weighted by Crippen LogP contribution is -2.22. The average Bonchev–Trinajstić information content (AvgIpc) is 2.86. The Balaban J connectivity index is 1.71. The van der Waals surface area contributed by atoms with E-state index in [0.717, 1.165) is 42.5 Å². The lowest BCUT2D eigenvalue weighted by Gasteiger charge is -2.09. The summed E-state index contributed by atoms with van der Waals surface area (Å²) >= 11 is 7.14. The number of aromatic nitrogens is 1. The molecule has 9 heteroatoms. The third-order valence-electron chi connectivity index (χ3n) is 4.45. The highest BCUT2D eigenvalue weighted by Crippen LogP contribution is 2.38. The molecule has 0 unspecified atom stereocenters. The standard InChI is InChI=1S/C20H21ClN2O5S/c1-2-27-20(26)17-13-6-4-3-5-7-14(13)29-18(17)23-16(24)11-28-19(25)12-8-9-22-15(21)10-12/h8-10H,2-7,11H2,1H3,(H,23,24). The van der Waals surface area contributed by atoms with Crippen molar-refractivity contribution in [1.29, 1.82) is 0 Å². The zero-order valence-electron chi connectivity index (χ0n) is 16.0. The van der Waals surface area contributed by atoms with E-state index in [1.54, 1.807) is 6.92 Å². The van der Waals surface area contributed by atoms with Gasteiger partial charge >= 0.3 is 11.9 Å². The van der Waals surface area contributed by atoms with Crippen LogP contribution >= 0.6 is 22.9 Å². The topological polar surface area (TPSA) is 94.6 Å². The van der Waals surface area contributed by atoms with Gasteiger partial charge in [-0.1, -0.05) is 18.0 Å². The largest absolute Gasteiger partial charge is 0.462 e. The van der Waals surface area contributed by atoms with Crippen LogP contribution < -0.4 is 5.32 Å². The molecule has 1 amide bonds. The number of fused-ring (bicyclic) bond motifs is 1. The van der Waals surface area contributed by atoms with Crippen molar-refractivity contribution in [3.05, 3.63) is 45.1 Å². The molecule has 0 atom stereocenters. The highest BCUT2D eigenvalue weighted by Gasteiger charge is 2.26. The highest BCUT2D eigenvalue weighted by atomic mass is 35.5. The van der Waals surface area contributed by atoms with Gasteiger partial charge in [-0.25, -0.2) is 14.6 Å². The van der Waals surface area contributed by atoms with Gasteiger partial charge < -0.3 is 14.8 Å². The summed E-state index contributed by atoms with van der Waals surface area (Å²) in [7, 11) is 0. The first kappa shape index (κ1) is 21.3. The first-order valence-corrected chi connectivity index (χ1v) is 10.6. The van der Waals surface area contributed by atoms with E-state index in [4.69, 9.17) is 21.1 Å². The van der Waals surface area contributed by atoms with Crippen LogP contribution in [0.15, 0.2) is 18.3 Å². The van der Waals surface area contributed by atoms with Gasteiger partial charge in [-0.2, -0.15) is 0 Å². The Kier molecular flexibility index (Phi) is 7.22. The van der Waals surface area contributed by atoms with Gasteiger partial charge in [-0.15, -0.1) is 11.3 Å². The summed E-state index contributed by atoms with van der Waals surface area (Å²) in [5, 5.41) is 3.31. The number of carbonyl (C=O) groups excluding carboxylic acids is 3. The fourth-order valence-corrected chi connectivity index (χ4v) is 4.62. The molecule has 0 radical (unpaired) electrons. The van der Waals surface area contributed by atoms with Gasteiger partial charge in [0.2, 0.25) is 0 Å². The van der Waals surface area contributed by atoms with E-state index in [-0.39, 0.29) is 17.3 Å². The van der Waals surface area contributed by atoms with Crippen LogP contribution in [0.3, 0.4) is 0 Å². The van der Waals surface area contributed by atoms with E-state index in [1.807, 2.05) is 0 Å². The summed E-state index contributed by atoms with van der Waals surface area (Å²) < 4.78 is 10.2. The number of aryl methyl sites for hydroxylation is 1. The second kappa shape index (κ2) is 9.84. The van der Waals surface area contributed by atoms with E-state index >= 15 is 0 Å². The third-order valence-corrected chi connectivity index (χ3v) is 5.86. The number of rotatable bonds is 6. The molecule has 0 aliphatic heterocycles. The van der Waals surface area contributed by atoms with Crippen molar-refractivity contribution >= 4 is 45.8 Å². The predicted octanol–water partition coefficient (Wildman–Crippen LogP) is 4.04. The summed E-state index contributed by atoms with van der Waals surface area (Å²) in [5.74, 6) is -1.65. The smallest absolute Gasteiger partial charge is 0.341 e. The van der Waals surface area contributed by atoms with E-state index < -0.39 is 24.5 Å². The number of anilines is 1. The van der Waals surface area contributed by atoms with Crippen molar-refractivity contribution in [3.8, 4) is 0 Å². The van der Waals surface area contributed by atoms with E-state index in [0.29, 0.717) is 10.6 Å². The van der Waals surface area contributed by atoms with Crippen LogP contribution in [0.2, 0.25) is 5.15 Å². The number of nitrogens with zero attached hydrogens (tertiary/aromatic N) is 1. The van der Waals surface area contributed by atoms with Gasteiger partial charge in [0.25, 0.3) is 5.91 Å². The Morgan fingerprint density at radius 2 is 1.97 bits per heavy atom. The van der Waals surface area contributed by atoms with Crippen LogP contribution in [0.25, 0.3) is 0 Å². The fraction of sp³-hybridized carbons (Fsp3) is 0.400. The third kappa shape index (κ3) is 5.33.